The van der Waals surface area contributed by atoms with Crippen molar-refractivity contribution in [1.29, 1.82) is 0 Å². The van der Waals surface area contributed by atoms with Crippen molar-refractivity contribution in [3.63, 3.8) is 0 Å². The molecule has 0 radical (unpaired) electrons. The summed E-state index contributed by atoms with van der Waals surface area (Å²) < 4.78 is 0. The van der Waals surface area contributed by atoms with Crippen LogP contribution < -0.4 is 10.6 Å². The number of likely N-dealkylation sites (tertiary alicyclic amines) is 1. The van der Waals surface area contributed by atoms with Gasteiger partial charge in [0.15, 0.2) is 0 Å². The second kappa shape index (κ2) is 11.1. The van der Waals surface area contributed by atoms with Gasteiger partial charge in [0.05, 0.1) is 0 Å². The molecule has 0 spiro atoms. The average Bonchev–Trinajstić information content (AvgIpc) is 2.82. The first-order valence-electron chi connectivity index (χ1n) is 11.8. The molecule has 0 aliphatic carbocycles. The highest BCUT2D eigenvalue weighted by Gasteiger charge is 2.34. The number of piperidine rings is 1. The van der Waals surface area contributed by atoms with Crippen LogP contribution in [0, 0.1) is 19.8 Å². The van der Waals surface area contributed by atoms with E-state index in [-0.39, 0.29) is 29.7 Å². The maximum absolute atomic E-state index is 13.1. The summed E-state index contributed by atoms with van der Waals surface area (Å²) in [5.74, 6) is -0.436. The van der Waals surface area contributed by atoms with E-state index in [1.165, 1.54) is 0 Å². The molecule has 6 nitrogen and oxygen atoms in total. The van der Waals surface area contributed by atoms with Gasteiger partial charge in [-0.1, -0.05) is 42.3 Å². The maximum atomic E-state index is 13.1. The molecule has 1 saturated heterocycles. The topological polar surface area (TPSA) is 78.5 Å². The third-order valence-electron chi connectivity index (χ3n) is 6.48. The Morgan fingerprint density at radius 3 is 1.91 bits per heavy atom. The number of aryl methyl sites for hydroxylation is 2. The summed E-state index contributed by atoms with van der Waals surface area (Å²) in [5, 5.41) is 6.00. The molecule has 1 fully saturated rings. The summed E-state index contributed by atoms with van der Waals surface area (Å²) in [7, 11) is 0. The van der Waals surface area contributed by atoms with Crippen molar-refractivity contribution in [1.82, 2.24) is 15.5 Å². The minimum atomic E-state index is -0.635. The smallest absolute Gasteiger partial charge is 0.253 e. The molecular weight excluding hydrogens is 414 g/mol. The van der Waals surface area contributed by atoms with Gasteiger partial charge in [-0.2, -0.15) is 0 Å². The van der Waals surface area contributed by atoms with Crippen LogP contribution >= 0.6 is 0 Å². The fourth-order valence-electron chi connectivity index (χ4n) is 4.08. The van der Waals surface area contributed by atoms with Crippen molar-refractivity contribution in [3.8, 4) is 0 Å². The normalized spacial score (nSPS) is 16.1. The second-order valence-corrected chi connectivity index (χ2v) is 9.13. The lowest BCUT2D eigenvalue weighted by atomic mass is 9.88. The van der Waals surface area contributed by atoms with Crippen LogP contribution in [0.2, 0.25) is 0 Å². The van der Waals surface area contributed by atoms with E-state index in [0.717, 1.165) is 17.5 Å². The number of benzene rings is 2. The first-order valence-corrected chi connectivity index (χ1v) is 11.8. The highest BCUT2D eigenvalue weighted by Crippen LogP contribution is 2.23. The lowest BCUT2D eigenvalue weighted by Gasteiger charge is -2.36. The quantitative estimate of drug-likeness (QED) is 0.674. The molecule has 2 N–H and O–H groups in total. The minimum absolute atomic E-state index is 0.0118. The van der Waals surface area contributed by atoms with E-state index >= 15 is 0 Å². The van der Waals surface area contributed by atoms with Crippen LogP contribution in [-0.4, -0.2) is 47.8 Å². The van der Waals surface area contributed by atoms with Crippen molar-refractivity contribution in [2.24, 2.45) is 5.92 Å². The summed E-state index contributed by atoms with van der Waals surface area (Å²) in [6.45, 7) is 9.06. The zero-order valence-electron chi connectivity index (χ0n) is 20.1. The van der Waals surface area contributed by atoms with Crippen molar-refractivity contribution < 1.29 is 14.4 Å². The molecule has 3 amide bonds. The fourth-order valence-corrected chi connectivity index (χ4v) is 4.08. The Hall–Kier alpha value is -3.15. The molecule has 0 saturated carbocycles. The Bertz CT molecular complexity index is 961. The van der Waals surface area contributed by atoms with E-state index in [1.807, 2.05) is 69.0 Å². The minimum Gasteiger partial charge on any atom is -0.352 e. The maximum Gasteiger partial charge on any atom is 0.253 e. The zero-order chi connectivity index (χ0) is 24.0. The Balaban J connectivity index is 1.69. The SMILES string of the molecule is CC[C@H](C)NC(=O)[C@H](NC(=O)c1ccc(C)cc1)C1CCN(C(=O)c2ccc(C)cc2)CC1. The lowest BCUT2D eigenvalue weighted by Crippen LogP contribution is -2.55. The van der Waals surface area contributed by atoms with E-state index in [1.54, 1.807) is 12.1 Å². The van der Waals surface area contributed by atoms with Crippen LogP contribution in [0.4, 0.5) is 0 Å². The molecule has 33 heavy (non-hydrogen) atoms. The zero-order valence-corrected chi connectivity index (χ0v) is 20.1. The summed E-state index contributed by atoms with van der Waals surface area (Å²) in [4.78, 5) is 40.7. The second-order valence-electron chi connectivity index (χ2n) is 9.13. The molecule has 2 aromatic rings. The summed E-state index contributed by atoms with van der Waals surface area (Å²) in [5.41, 5.74) is 3.40. The number of hydrogen-bond donors (Lipinski definition) is 2. The molecule has 0 unspecified atom stereocenters. The molecule has 3 rings (SSSR count). The fraction of sp³-hybridized carbons (Fsp3) is 0.444. The Morgan fingerprint density at radius 1 is 0.879 bits per heavy atom. The van der Waals surface area contributed by atoms with E-state index in [0.29, 0.717) is 37.1 Å². The van der Waals surface area contributed by atoms with Gasteiger partial charge in [0, 0.05) is 30.3 Å². The van der Waals surface area contributed by atoms with Crippen LogP contribution in [-0.2, 0) is 4.79 Å². The molecular formula is C27H35N3O3. The molecule has 0 bridgehead atoms. The largest absolute Gasteiger partial charge is 0.352 e. The first kappa shape index (κ1) is 24.5. The summed E-state index contributed by atoms with van der Waals surface area (Å²) >= 11 is 0. The molecule has 1 aliphatic heterocycles. The predicted molar refractivity (Wildman–Crippen MR) is 130 cm³/mol. The van der Waals surface area contributed by atoms with Crippen molar-refractivity contribution in [3.05, 3.63) is 70.8 Å². The van der Waals surface area contributed by atoms with Gasteiger partial charge in [0.25, 0.3) is 11.8 Å². The van der Waals surface area contributed by atoms with Gasteiger partial charge < -0.3 is 15.5 Å². The van der Waals surface area contributed by atoms with E-state index in [4.69, 9.17) is 0 Å². The Kier molecular flexibility index (Phi) is 8.26. The number of hydrogen-bond acceptors (Lipinski definition) is 3. The lowest BCUT2D eigenvalue weighted by molar-refractivity contribution is -0.125. The molecule has 2 atom stereocenters. The predicted octanol–water partition coefficient (Wildman–Crippen LogP) is 3.87. The van der Waals surface area contributed by atoms with Crippen LogP contribution in [0.15, 0.2) is 48.5 Å². The van der Waals surface area contributed by atoms with Crippen molar-refractivity contribution >= 4 is 17.7 Å². The van der Waals surface area contributed by atoms with Gasteiger partial charge >= 0.3 is 0 Å². The van der Waals surface area contributed by atoms with Crippen LogP contribution in [0.1, 0.15) is 65.0 Å². The Morgan fingerprint density at radius 2 is 1.39 bits per heavy atom. The van der Waals surface area contributed by atoms with Crippen LogP contribution in [0.5, 0.6) is 0 Å². The molecule has 176 valence electrons. The van der Waals surface area contributed by atoms with E-state index in [9.17, 15) is 14.4 Å². The highest BCUT2D eigenvalue weighted by molar-refractivity contribution is 5.98. The van der Waals surface area contributed by atoms with Crippen molar-refractivity contribution in [2.75, 3.05) is 13.1 Å². The van der Waals surface area contributed by atoms with Crippen molar-refractivity contribution in [2.45, 2.75) is 59.0 Å². The van der Waals surface area contributed by atoms with Gasteiger partial charge in [-0.15, -0.1) is 0 Å². The number of amides is 3. The van der Waals surface area contributed by atoms with Crippen LogP contribution in [0.3, 0.4) is 0 Å². The Labute approximate surface area is 196 Å². The number of rotatable bonds is 7. The number of carbonyl (C=O) groups excluding carboxylic acids is 3. The van der Waals surface area contributed by atoms with Gasteiger partial charge in [0.1, 0.15) is 6.04 Å². The molecule has 6 heteroatoms. The summed E-state index contributed by atoms with van der Waals surface area (Å²) in [6.07, 6.45) is 2.13. The van der Waals surface area contributed by atoms with Gasteiger partial charge in [-0.05, 0) is 70.2 Å². The summed E-state index contributed by atoms with van der Waals surface area (Å²) in [6, 6.07) is 14.3. The van der Waals surface area contributed by atoms with E-state index < -0.39 is 6.04 Å². The standard InChI is InChI=1S/C27H35N3O3/c1-5-20(4)28-26(32)24(29-25(31)22-10-6-18(2)7-11-22)21-14-16-30(17-15-21)27(33)23-12-8-19(3)9-13-23/h6-13,20-21,24H,5,14-17H2,1-4H3,(H,28,32)(H,29,31)/t20-,24+/m0/s1. The monoisotopic (exact) mass is 449 g/mol. The third-order valence-corrected chi connectivity index (χ3v) is 6.48. The first-order chi connectivity index (χ1) is 15.8. The molecule has 2 aromatic carbocycles. The highest BCUT2D eigenvalue weighted by atomic mass is 16.2. The van der Waals surface area contributed by atoms with Gasteiger partial charge in [-0.25, -0.2) is 0 Å². The molecule has 1 heterocycles. The number of nitrogens with zero attached hydrogens (tertiary/aromatic N) is 1. The van der Waals surface area contributed by atoms with Gasteiger partial charge in [-0.3, -0.25) is 14.4 Å². The number of carbonyl (C=O) groups is 3. The number of nitrogens with one attached hydrogen (secondary N) is 2. The molecule has 1 aliphatic rings. The average molecular weight is 450 g/mol. The molecule has 0 aromatic heterocycles. The van der Waals surface area contributed by atoms with Gasteiger partial charge in [0.2, 0.25) is 5.91 Å². The third kappa shape index (κ3) is 6.44. The van der Waals surface area contributed by atoms with Crippen LogP contribution in [0.25, 0.3) is 0 Å². The van der Waals surface area contributed by atoms with E-state index in [2.05, 4.69) is 10.6 Å².